The Morgan fingerprint density at radius 1 is 1.29 bits per heavy atom. The molecule has 0 spiro atoms. The minimum Gasteiger partial charge on any atom is -0.481 e. The van der Waals surface area contributed by atoms with Crippen LogP contribution in [0.25, 0.3) is 0 Å². The number of amides is 1. The van der Waals surface area contributed by atoms with Gasteiger partial charge in [0, 0.05) is 5.69 Å². The zero-order valence-corrected chi connectivity index (χ0v) is 12.7. The number of thiazole rings is 1. The number of benzene rings is 1. The SMILES string of the molecule is CCc1nc(C)c(C(=O)Nc2ccc(CC(=O)O)cc2)s1. The van der Waals surface area contributed by atoms with E-state index in [1.807, 2.05) is 13.8 Å². The molecule has 0 bridgehead atoms. The van der Waals surface area contributed by atoms with Gasteiger partial charge in [0.1, 0.15) is 4.88 Å². The molecule has 1 aromatic carbocycles. The number of nitrogens with one attached hydrogen (secondary N) is 1. The molecule has 0 saturated heterocycles. The van der Waals surface area contributed by atoms with Gasteiger partial charge in [0.25, 0.3) is 5.91 Å². The molecule has 2 N–H and O–H groups in total. The molecular weight excluding hydrogens is 288 g/mol. The van der Waals surface area contributed by atoms with Gasteiger partial charge in [0.05, 0.1) is 17.1 Å². The zero-order valence-electron chi connectivity index (χ0n) is 11.8. The molecule has 0 aliphatic heterocycles. The third-order valence-electron chi connectivity index (χ3n) is 2.92. The molecule has 0 unspecified atom stereocenters. The smallest absolute Gasteiger partial charge is 0.307 e. The second kappa shape index (κ2) is 6.49. The van der Waals surface area contributed by atoms with Crippen molar-refractivity contribution in [2.24, 2.45) is 0 Å². The number of rotatable bonds is 5. The van der Waals surface area contributed by atoms with Crippen LogP contribution in [0.3, 0.4) is 0 Å². The molecule has 1 amide bonds. The lowest BCUT2D eigenvalue weighted by Gasteiger charge is -2.05. The molecule has 1 aromatic heterocycles. The van der Waals surface area contributed by atoms with Gasteiger partial charge in [-0.3, -0.25) is 9.59 Å². The number of nitrogens with zero attached hydrogens (tertiary/aromatic N) is 1. The first-order valence-corrected chi connectivity index (χ1v) is 7.39. The van der Waals surface area contributed by atoms with Crippen molar-refractivity contribution >= 4 is 28.9 Å². The summed E-state index contributed by atoms with van der Waals surface area (Å²) in [5, 5.41) is 12.5. The van der Waals surface area contributed by atoms with Crippen LogP contribution in [0.2, 0.25) is 0 Å². The molecule has 0 atom stereocenters. The number of aryl methyl sites for hydroxylation is 2. The van der Waals surface area contributed by atoms with E-state index in [0.717, 1.165) is 17.1 Å². The largest absolute Gasteiger partial charge is 0.481 e. The first kappa shape index (κ1) is 15.2. The number of hydrogen-bond acceptors (Lipinski definition) is 4. The molecule has 0 aliphatic carbocycles. The van der Waals surface area contributed by atoms with Crippen LogP contribution >= 0.6 is 11.3 Å². The molecule has 0 saturated carbocycles. The lowest BCUT2D eigenvalue weighted by molar-refractivity contribution is -0.136. The molecular formula is C15H16N2O3S. The summed E-state index contributed by atoms with van der Waals surface area (Å²) in [6.45, 7) is 3.82. The van der Waals surface area contributed by atoms with E-state index in [1.54, 1.807) is 24.3 Å². The third kappa shape index (κ3) is 3.88. The Kier molecular flexibility index (Phi) is 4.70. The number of carbonyl (C=O) groups excluding carboxylic acids is 1. The minimum absolute atomic E-state index is 0.0258. The monoisotopic (exact) mass is 304 g/mol. The fourth-order valence-electron chi connectivity index (χ4n) is 1.88. The van der Waals surface area contributed by atoms with E-state index in [-0.39, 0.29) is 12.3 Å². The average Bonchev–Trinajstić information content (AvgIpc) is 2.82. The van der Waals surface area contributed by atoms with Crippen molar-refractivity contribution < 1.29 is 14.7 Å². The lowest BCUT2D eigenvalue weighted by atomic mass is 10.1. The summed E-state index contributed by atoms with van der Waals surface area (Å²) in [5.74, 6) is -1.06. The highest BCUT2D eigenvalue weighted by atomic mass is 32.1. The van der Waals surface area contributed by atoms with Crippen LogP contribution < -0.4 is 5.32 Å². The summed E-state index contributed by atoms with van der Waals surface area (Å²) < 4.78 is 0. The highest BCUT2D eigenvalue weighted by Crippen LogP contribution is 2.20. The first-order chi connectivity index (χ1) is 9.99. The predicted octanol–water partition coefficient (Wildman–Crippen LogP) is 2.89. The van der Waals surface area contributed by atoms with Crippen molar-refractivity contribution in [2.75, 3.05) is 5.32 Å². The Labute approximate surface area is 126 Å². The molecule has 21 heavy (non-hydrogen) atoms. The van der Waals surface area contributed by atoms with Gasteiger partial charge in [0.15, 0.2) is 0 Å². The second-order valence-corrected chi connectivity index (χ2v) is 5.68. The van der Waals surface area contributed by atoms with Crippen molar-refractivity contribution in [2.45, 2.75) is 26.7 Å². The third-order valence-corrected chi connectivity index (χ3v) is 4.22. The number of anilines is 1. The van der Waals surface area contributed by atoms with Gasteiger partial charge < -0.3 is 10.4 Å². The van der Waals surface area contributed by atoms with E-state index in [4.69, 9.17) is 5.11 Å². The molecule has 5 nitrogen and oxygen atoms in total. The Bertz CT molecular complexity index is 662. The van der Waals surface area contributed by atoms with Gasteiger partial charge in [0.2, 0.25) is 0 Å². The second-order valence-electron chi connectivity index (χ2n) is 4.60. The van der Waals surface area contributed by atoms with E-state index in [1.165, 1.54) is 11.3 Å². The molecule has 0 radical (unpaired) electrons. The Hall–Kier alpha value is -2.21. The summed E-state index contributed by atoms with van der Waals surface area (Å²) in [4.78, 5) is 27.7. The summed E-state index contributed by atoms with van der Waals surface area (Å²) in [6.07, 6.45) is 0.782. The average molecular weight is 304 g/mol. The van der Waals surface area contributed by atoms with E-state index in [2.05, 4.69) is 10.3 Å². The Morgan fingerprint density at radius 3 is 2.48 bits per heavy atom. The molecule has 6 heteroatoms. The minimum atomic E-state index is -0.876. The summed E-state index contributed by atoms with van der Waals surface area (Å²) in [6, 6.07) is 6.79. The van der Waals surface area contributed by atoms with Gasteiger partial charge in [-0.2, -0.15) is 0 Å². The first-order valence-electron chi connectivity index (χ1n) is 6.58. The maximum atomic E-state index is 12.2. The highest BCUT2D eigenvalue weighted by Gasteiger charge is 2.14. The van der Waals surface area contributed by atoms with Crippen LogP contribution in [-0.2, 0) is 17.6 Å². The molecule has 2 rings (SSSR count). The van der Waals surface area contributed by atoms with Crippen LogP contribution in [0, 0.1) is 6.92 Å². The molecule has 2 aromatic rings. The molecule has 110 valence electrons. The number of hydrogen-bond donors (Lipinski definition) is 2. The van der Waals surface area contributed by atoms with Gasteiger partial charge in [-0.25, -0.2) is 4.98 Å². The maximum absolute atomic E-state index is 12.2. The number of aromatic nitrogens is 1. The summed E-state index contributed by atoms with van der Waals surface area (Å²) in [5.41, 5.74) is 2.07. The van der Waals surface area contributed by atoms with Crippen molar-refractivity contribution in [3.8, 4) is 0 Å². The van der Waals surface area contributed by atoms with Crippen molar-refractivity contribution in [1.82, 2.24) is 4.98 Å². The van der Waals surface area contributed by atoms with Gasteiger partial charge in [-0.05, 0) is 31.0 Å². The predicted molar refractivity (Wildman–Crippen MR) is 82.0 cm³/mol. The van der Waals surface area contributed by atoms with Crippen molar-refractivity contribution in [1.29, 1.82) is 0 Å². The van der Waals surface area contributed by atoms with E-state index < -0.39 is 5.97 Å². The quantitative estimate of drug-likeness (QED) is 0.890. The standard InChI is InChI=1S/C15H16N2O3S/c1-3-12-16-9(2)14(21-12)15(20)17-11-6-4-10(5-7-11)8-13(18)19/h4-7H,3,8H2,1-2H3,(H,17,20)(H,18,19). The number of carbonyl (C=O) groups is 2. The van der Waals surface area contributed by atoms with Crippen LogP contribution in [-0.4, -0.2) is 22.0 Å². The topological polar surface area (TPSA) is 79.3 Å². The molecule has 1 heterocycles. The summed E-state index contributed by atoms with van der Waals surface area (Å²) in [7, 11) is 0. The van der Waals surface area contributed by atoms with E-state index in [9.17, 15) is 9.59 Å². The van der Waals surface area contributed by atoms with Gasteiger partial charge in [-0.1, -0.05) is 19.1 Å². The number of aliphatic carboxylic acids is 1. The van der Waals surface area contributed by atoms with Gasteiger partial charge >= 0.3 is 5.97 Å². The van der Waals surface area contributed by atoms with Crippen LogP contribution in [0.4, 0.5) is 5.69 Å². The highest BCUT2D eigenvalue weighted by molar-refractivity contribution is 7.13. The van der Waals surface area contributed by atoms with Crippen LogP contribution in [0.1, 0.15) is 32.9 Å². The van der Waals surface area contributed by atoms with E-state index >= 15 is 0 Å². The number of carboxylic acid groups (broad SMARTS) is 1. The van der Waals surface area contributed by atoms with E-state index in [0.29, 0.717) is 16.1 Å². The fourth-order valence-corrected chi connectivity index (χ4v) is 2.78. The Morgan fingerprint density at radius 2 is 1.95 bits per heavy atom. The molecule has 0 aliphatic rings. The zero-order chi connectivity index (χ0) is 15.4. The molecule has 0 fully saturated rings. The maximum Gasteiger partial charge on any atom is 0.307 e. The summed E-state index contributed by atoms with van der Waals surface area (Å²) >= 11 is 1.40. The van der Waals surface area contributed by atoms with Gasteiger partial charge in [-0.15, -0.1) is 11.3 Å². The lowest BCUT2D eigenvalue weighted by Crippen LogP contribution is -2.11. The van der Waals surface area contributed by atoms with Crippen LogP contribution in [0.5, 0.6) is 0 Å². The van der Waals surface area contributed by atoms with Crippen molar-refractivity contribution in [3.05, 3.63) is 45.4 Å². The van der Waals surface area contributed by atoms with Crippen molar-refractivity contribution in [3.63, 3.8) is 0 Å². The van der Waals surface area contributed by atoms with Crippen LogP contribution in [0.15, 0.2) is 24.3 Å². The normalized spacial score (nSPS) is 10.4. The number of carboxylic acids is 1. The Balaban J connectivity index is 2.08. The fraction of sp³-hybridized carbons (Fsp3) is 0.267.